The van der Waals surface area contributed by atoms with Crippen molar-refractivity contribution < 1.29 is 13.2 Å². The van der Waals surface area contributed by atoms with Gasteiger partial charge in [-0.05, 0) is 12.5 Å². The van der Waals surface area contributed by atoms with Gasteiger partial charge in [0, 0.05) is 22.8 Å². The lowest BCUT2D eigenvalue weighted by Crippen LogP contribution is -2.13. The van der Waals surface area contributed by atoms with Gasteiger partial charge < -0.3 is 5.73 Å². The van der Waals surface area contributed by atoms with Crippen molar-refractivity contribution in [2.75, 3.05) is 0 Å². The summed E-state index contributed by atoms with van der Waals surface area (Å²) in [4.78, 5) is 3.29. The van der Waals surface area contributed by atoms with Crippen LogP contribution < -0.4 is 5.73 Å². The maximum absolute atomic E-state index is 12.2. The summed E-state index contributed by atoms with van der Waals surface area (Å²) < 4.78 is 36.7. The van der Waals surface area contributed by atoms with Crippen molar-refractivity contribution >= 4 is 11.6 Å². The summed E-state index contributed by atoms with van der Waals surface area (Å²) in [5, 5.41) is 0.00618. The Morgan fingerprint density at radius 3 is 2.53 bits per heavy atom. The molecule has 0 bridgehead atoms. The van der Waals surface area contributed by atoms with Gasteiger partial charge in [0.2, 0.25) is 0 Å². The van der Waals surface area contributed by atoms with Crippen molar-refractivity contribution in [3.8, 4) is 0 Å². The predicted octanol–water partition coefficient (Wildman–Crippen LogP) is 3.16. The summed E-state index contributed by atoms with van der Waals surface area (Å²) in [5.41, 5.74) is 5.09. The maximum Gasteiger partial charge on any atom is 0.433 e. The lowest BCUT2D eigenvalue weighted by atomic mass is 10.1. The molecule has 84 valence electrons. The van der Waals surface area contributed by atoms with E-state index >= 15 is 0 Å². The molecule has 0 radical (unpaired) electrons. The minimum absolute atomic E-state index is 0.00618. The molecule has 0 aliphatic carbocycles. The molecule has 0 unspecified atom stereocenters. The first-order chi connectivity index (χ1) is 6.86. The number of pyridine rings is 1. The number of halogens is 4. The predicted molar refractivity (Wildman–Crippen MR) is 51.5 cm³/mol. The molecule has 1 aromatic heterocycles. The summed E-state index contributed by atoms with van der Waals surface area (Å²) in [6.07, 6.45) is -2.80. The molecule has 0 fully saturated rings. The molecule has 0 aromatic carbocycles. The summed E-state index contributed by atoms with van der Waals surface area (Å²) >= 11 is 5.69. The van der Waals surface area contributed by atoms with E-state index in [0.29, 0.717) is 12.0 Å². The molecule has 1 heterocycles. The Hall–Kier alpha value is -0.810. The topological polar surface area (TPSA) is 38.9 Å². The van der Waals surface area contributed by atoms with Crippen molar-refractivity contribution in [2.24, 2.45) is 5.73 Å². The highest BCUT2D eigenvalue weighted by atomic mass is 35.5. The third-order valence-electron chi connectivity index (χ3n) is 2.01. The van der Waals surface area contributed by atoms with Crippen LogP contribution in [0.2, 0.25) is 5.02 Å². The second-order valence-corrected chi connectivity index (χ2v) is 3.51. The summed E-state index contributed by atoms with van der Waals surface area (Å²) in [6, 6.07) is 0.416. The fraction of sp³-hybridized carbons (Fsp3) is 0.444. The molecule has 0 aliphatic heterocycles. The second-order valence-electron chi connectivity index (χ2n) is 3.10. The Morgan fingerprint density at radius 2 is 2.13 bits per heavy atom. The average Bonchev–Trinajstić information content (AvgIpc) is 2.15. The van der Waals surface area contributed by atoms with Crippen molar-refractivity contribution in [2.45, 2.75) is 25.6 Å². The third-order valence-corrected chi connectivity index (χ3v) is 2.34. The first kappa shape index (κ1) is 12.3. The van der Waals surface area contributed by atoms with Crippen LogP contribution in [-0.4, -0.2) is 4.98 Å². The number of nitrogens with zero attached hydrogens (tertiary/aromatic N) is 1. The minimum atomic E-state index is -4.47. The van der Waals surface area contributed by atoms with Crippen LogP contribution in [0.3, 0.4) is 0 Å². The highest BCUT2D eigenvalue weighted by Crippen LogP contribution is 2.31. The number of aromatic nitrogens is 1. The van der Waals surface area contributed by atoms with E-state index in [4.69, 9.17) is 17.3 Å². The van der Waals surface area contributed by atoms with E-state index in [1.165, 1.54) is 0 Å². The molecule has 1 rings (SSSR count). The van der Waals surface area contributed by atoms with Crippen LogP contribution in [0, 0.1) is 0 Å². The van der Waals surface area contributed by atoms with Gasteiger partial charge >= 0.3 is 6.18 Å². The molecule has 2 N–H and O–H groups in total. The molecule has 2 nitrogen and oxygen atoms in total. The van der Waals surface area contributed by atoms with E-state index in [9.17, 15) is 13.2 Å². The van der Waals surface area contributed by atoms with Crippen LogP contribution in [-0.2, 0) is 6.18 Å². The first-order valence-corrected chi connectivity index (χ1v) is 4.72. The smallest absolute Gasteiger partial charge is 0.324 e. The van der Waals surface area contributed by atoms with E-state index in [2.05, 4.69) is 4.98 Å². The van der Waals surface area contributed by atoms with Gasteiger partial charge in [0.15, 0.2) is 0 Å². The summed E-state index contributed by atoms with van der Waals surface area (Å²) in [7, 11) is 0. The van der Waals surface area contributed by atoms with Crippen LogP contribution in [0.1, 0.15) is 30.6 Å². The quantitative estimate of drug-likeness (QED) is 0.860. The Morgan fingerprint density at radius 1 is 1.53 bits per heavy atom. The van der Waals surface area contributed by atoms with Gasteiger partial charge in [0.25, 0.3) is 0 Å². The van der Waals surface area contributed by atoms with Crippen LogP contribution in [0.25, 0.3) is 0 Å². The van der Waals surface area contributed by atoms with Crippen molar-refractivity contribution in [1.82, 2.24) is 4.98 Å². The second kappa shape index (κ2) is 4.37. The number of hydrogen-bond donors (Lipinski definition) is 1. The Kier molecular flexibility index (Phi) is 3.57. The maximum atomic E-state index is 12.2. The fourth-order valence-corrected chi connectivity index (χ4v) is 1.38. The van der Waals surface area contributed by atoms with E-state index in [0.717, 1.165) is 12.3 Å². The molecule has 0 saturated carbocycles. The van der Waals surface area contributed by atoms with Crippen molar-refractivity contribution in [1.29, 1.82) is 0 Å². The first-order valence-electron chi connectivity index (χ1n) is 4.34. The standard InChI is InChI=1S/C9H10ClF3N2/c1-2-7(14)5-4-15-8(3-6(5)10)9(11,12)13/h3-4,7H,2,14H2,1H3/t7-/m0/s1. The molecule has 0 amide bonds. The molecule has 0 aliphatic rings. The van der Waals surface area contributed by atoms with Crippen molar-refractivity contribution in [3.05, 3.63) is 28.5 Å². The molecule has 1 atom stereocenters. The third kappa shape index (κ3) is 2.82. The Bertz CT molecular complexity index is 352. The summed E-state index contributed by atoms with van der Waals surface area (Å²) in [5.74, 6) is 0. The van der Waals surface area contributed by atoms with Crippen LogP contribution >= 0.6 is 11.6 Å². The van der Waals surface area contributed by atoms with Gasteiger partial charge in [-0.3, -0.25) is 4.98 Å². The Labute approximate surface area is 90.3 Å². The van der Waals surface area contributed by atoms with E-state index in [1.54, 1.807) is 0 Å². The van der Waals surface area contributed by atoms with E-state index in [-0.39, 0.29) is 11.1 Å². The van der Waals surface area contributed by atoms with Gasteiger partial charge in [0.1, 0.15) is 5.69 Å². The molecule has 15 heavy (non-hydrogen) atoms. The molecular weight excluding hydrogens is 229 g/mol. The SMILES string of the molecule is CC[C@H](N)c1cnc(C(F)(F)F)cc1Cl. The van der Waals surface area contributed by atoms with Gasteiger partial charge in [0.05, 0.1) is 0 Å². The normalized spacial score (nSPS) is 14.0. The van der Waals surface area contributed by atoms with Gasteiger partial charge in [-0.15, -0.1) is 0 Å². The van der Waals surface area contributed by atoms with Crippen molar-refractivity contribution in [3.63, 3.8) is 0 Å². The van der Waals surface area contributed by atoms with E-state index in [1.807, 2.05) is 6.92 Å². The molecule has 0 saturated heterocycles. The molecule has 0 spiro atoms. The molecule has 1 aromatic rings. The number of hydrogen-bond acceptors (Lipinski definition) is 2. The Balaban J connectivity index is 3.09. The average molecular weight is 239 g/mol. The van der Waals surface area contributed by atoms with Crippen LogP contribution in [0.15, 0.2) is 12.3 Å². The number of alkyl halides is 3. The summed E-state index contributed by atoms with van der Waals surface area (Å²) in [6.45, 7) is 1.82. The van der Waals surface area contributed by atoms with Gasteiger partial charge in [-0.25, -0.2) is 0 Å². The van der Waals surface area contributed by atoms with E-state index < -0.39 is 11.9 Å². The van der Waals surface area contributed by atoms with Gasteiger partial charge in [-0.1, -0.05) is 18.5 Å². The number of rotatable bonds is 2. The lowest BCUT2D eigenvalue weighted by molar-refractivity contribution is -0.141. The largest absolute Gasteiger partial charge is 0.433 e. The highest BCUT2D eigenvalue weighted by Gasteiger charge is 2.33. The monoisotopic (exact) mass is 238 g/mol. The zero-order valence-corrected chi connectivity index (χ0v) is 8.73. The minimum Gasteiger partial charge on any atom is -0.324 e. The number of nitrogens with two attached hydrogens (primary N) is 1. The van der Waals surface area contributed by atoms with Crippen LogP contribution in [0.4, 0.5) is 13.2 Å². The fourth-order valence-electron chi connectivity index (χ4n) is 1.09. The highest BCUT2D eigenvalue weighted by molar-refractivity contribution is 6.31. The molecular formula is C9H10ClF3N2. The lowest BCUT2D eigenvalue weighted by Gasteiger charge is -2.12. The zero-order chi connectivity index (χ0) is 11.6. The van der Waals surface area contributed by atoms with Crippen LogP contribution in [0.5, 0.6) is 0 Å². The van der Waals surface area contributed by atoms with Gasteiger partial charge in [-0.2, -0.15) is 13.2 Å². The zero-order valence-electron chi connectivity index (χ0n) is 7.98. The molecule has 6 heteroatoms.